The molecule has 1 rings (SSSR count). The minimum Gasteiger partial charge on any atom is -0.494 e. The number of rotatable bonds is 6. The lowest BCUT2D eigenvalue weighted by atomic mass is 10.2. The van der Waals surface area contributed by atoms with E-state index in [4.69, 9.17) is 32.7 Å². The standard InChI is InChI=1S/C15H18Cl2N2O5/c1-4-8(2)18-15(22)19-12(20)7-24-14(21)9-5-10(16)13(23-3)11(17)6-9/h5-6,8H,4,7H2,1-3H3,(H2,18,19,20,22)/t8-/m0/s1. The topological polar surface area (TPSA) is 93.7 Å². The molecule has 132 valence electrons. The van der Waals surface area contributed by atoms with Gasteiger partial charge in [-0.1, -0.05) is 30.1 Å². The maximum Gasteiger partial charge on any atom is 0.338 e. The Labute approximate surface area is 149 Å². The van der Waals surface area contributed by atoms with Crippen molar-refractivity contribution in [3.8, 4) is 5.75 Å². The molecule has 0 aromatic heterocycles. The van der Waals surface area contributed by atoms with E-state index < -0.39 is 24.5 Å². The summed E-state index contributed by atoms with van der Waals surface area (Å²) in [6.45, 7) is 3.06. The molecule has 0 saturated heterocycles. The van der Waals surface area contributed by atoms with E-state index in [2.05, 4.69) is 10.6 Å². The molecule has 1 atom stereocenters. The van der Waals surface area contributed by atoms with E-state index >= 15 is 0 Å². The summed E-state index contributed by atoms with van der Waals surface area (Å²) in [6.07, 6.45) is 0.718. The summed E-state index contributed by atoms with van der Waals surface area (Å²) in [7, 11) is 1.39. The summed E-state index contributed by atoms with van der Waals surface area (Å²) >= 11 is 11.8. The Morgan fingerprint density at radius 2 is 1.79 bits per heavy atom. The van der Waals surface area contributed by atoms with Gasteiger partial charge in [0.25, 0.3) is 5.91 Å². The van der Waals surface area contributed by atoms with Crippen molar-refractivity contribution in [3.05, 3.63) is 27.7 Å². The SMILES string of the molecule is CC[C@H](C)NC(=O)NC(=O)COC(=O)c1cc(Cl)c(OC)c(Cl)c1. The van der Waals surface area contributed by atoms with E-state index in [-0.39, 0.29) is 27.4 Å². The lowest BCUT2D eigenvalue weighted by Crippen LogP contribution is -2.44. The van der Waals surface area contributed by atoms with Crippen LogP contribution in [-0.4, -0.2) is 37.7 Å². The van der Waals surface area contributed by atoms with Gasteiger partial charge in [0.1, 0.15) is 0 Å². The van der Waals surface area contributed by atoms with Crippen molar-refractivity contribution in [1.29, 1.82) is 0 Å². The smallest absolute Gasteiger partial charge is 0.338 e. The number of esters is 1. The van der Waals surface area contributed by atoms with Crippen LogP contribution >= 0.6 is 23.2 Å². The maximum absolute atomic E-state index is 11.9. The highest BCUT2D eigenvalue weighted by Gasteiger charge is 2.17. The van der Waals surface area contributed by atoms with Crippen LogP contribution in [0.3, 0.4) is 0 Å². The summed E-state index contributed by atoms with van der Waals surface area (Å²) in [5.41, 5.74) is 0.0580. The van der Waals surface area contributed by atoms with Crippen molar-refractivity contribution in [1.82, 2.24) is 10.6 Å². The van der Waals surface area contributed by atoms with Gasteiger partial charge in [-0.05, 0) is 25.5 Å². The number of imide groups is 1. The van der Waals surface area contributed by atoms with E-state index in [1.54, 1.807) is 6.92 Å². The van der Waals surface area contributed by atoms with Crippen LogP contribution in [0.5, 0.6) is 5.75 Å². The highest BCUT2D eigenvalue weighted by molar-refractivity contribution is 6.37. The van der Waals surface area contributed by atoms with E-state index in [0.29, 0.717) is 0 Å². The minimum absolute atomic E-state index is 0.0580. The van der Waals surface area contributed by atoms with Crippen LogP contribution in [0.1, 0.15) is 30.6 Å². The quantitative estimate of drug-likeness (QED) is 0.744. The van der Waals surface area contributed by atoms with Crippen LogP contribution in [0.4, 0.5) is 4.79 Å². The van der Waals surface area contributed by atoms with Crippen molar-refractivity contribution in [2.45, 2.75) is 26.3 Å². The number of nitrogens with one attached hydrogen (secondary N) is 2. The monoisotopic (exact) mass is 376 g/mol. The van der Waals surface area contributed by atoms with Crippen molar-refractivity contribution in [2.75, 3.05) is 13.7 Å². The highest BCUT2D eigenvalue weighted by Crippen LogP contribution is 2.33. The molecule has 7 nitrogen and oxygen atoms in total. The molecule has 3 amide bonds. The molecule has 1 aromatic carbocycles. The molecule has 0 radical (unpaired) electrons. The van der Waals surface area contributed by atoms with E-state index in [0.717, 1.165) is 6.42 Å². The number of methoxy groups -OCH3 is 1. The molecule has 0 aliphatic heterocycles. The zero-order valence-electron chi connectivity index (χ0n) is 13.4. The Morgan fingerprint density at radius 1 is 1.21 bits per heavy atom. The van der Waals surface area contributed by atoms with Crippen LogP contribution in [0.25, 0.3) is 0 Å². The lowest BCUT2D eigenvalue weighted by Gasteiger charge is -2.12. The highest BCUT2D eigenvalue weighted by atomic mass is 35.5. The lowest BCUT2D eigenvalue weighted by molar-refractivity contribution is -0.123. The first-order chi connectivity index (χ1) is 11.3. The Bertz CT molecular complexity index is 613. The predicted molar refractivity (Wildman–Crippen MR) is 89.7 cm³/mol. The molecule has 9 heteroatoms. The number of carbonyl (C=O) groups is 3. The Morgan fingerprint density at radius 3 is 2.29 bits per heavy atom. The number of halogens is 2. The van der Waals surface area contributed by atoms with Crippen molar-refractivity contribution in [3.63, 3.8) is 0 Å². The van der Waals surface area contributed by atoms with Gasteiger partial charge >= 0.3 is 12.0 Å². The van der Waals surface area contributed by atoms with Gasteiger partial charge in [-0.2, -0.15) is 0 Å². The summed E-state index contributed by atoms with van der Waals surface area (Å²) < 4.78 is 9.79. The second kappa shape index (κ2) is 9.34. The van der Waals surface area contributed by atoms with Crippen LogP contribution in [0.15, 0.2) is 12.1 Å². The fraction of sp³-hybridized carbons (Fsp3) is 0.400. The third-order valence-electron chi connectivity index (χ3n) is 3.02. The third kappa shape index (κ3) is 5.90. The molecular formula is C15H18Cl2N2O5. The number of hydrogen-bond donors (Lipinski definition) is 2. The Kier molecular flexibility index (Phi) is 7.81. The van der Waals surface area contributed by atoms with Crippen LogP contribution in [-0.2, 0) is 9.53 Å². The number of hydrogen-bond acceptors (Lipinski definition) is 5. The third-order valence-corrected chi connectivity index (χ3v) is 3.58. The van der Waals surface area contributed by atoms with Gasteiger partial charge in [-0.3, -0.25) is 10.1 Å². The van der Waals surface area contributed by atoms with Gasteiger partial charge in [0.05, 0.1) is 22.7 Å². The Balaban J connectivity index is 2.57. The molecule has 0 bridgehead atoms. The molecule has 0 heterocycles. The van der Waals surface area contributed by atoms with Gasteiger partial charge in [-0.25, -0.2) is 9.59 Å². The summed E-state index contributed by atoms with van der Waals surface area (Å²) in [6, 6.07) is 1.88. The molecule has 0 unspecified atom stereocenters. The Hall–Kier alpha value is -1.99. The summed E-state index contributed by atoms with van der Waals surface area (Å²) in [5.74, 6) is -1.33. The minimum atomic E-state index is -0.807. The molecule has 0 aliphatic rings. The van der Waals surface area contributed by atoms with Crippen LogP contribution in [0, 0.1) is 0 Å². The molecule has 24 heavy (non-hydrogen) atoms. The summed E-state index contributed by atoms with van der Waals surface area (Å²) in [5, 5.41) is 4.87. The van der Waals surface area contributed by atoms with E-state index in [9.17, 15) is 14.4 Å². The zero-order valence-corrected chi connectivity index (χ0v) is 15.0. The molecule has 1 aromatic rings. The molecule has 0 saturated carbocycles. The number of amides is 3. The number of benzene rings is 1. The summed E-state index contributed by atoms with van der Waals surface area (Å²) in [4.78, 5) is 34.9. The van der Waals surface area contributed by atoms with Gasteiger partial charge in [0.2, 0.25) is 0 Å². The van der Waals surface area contributed by atoms with Gasteiger partial charge < -0.3 is 14.8 Å². The predicted octanol–water partition coefficient (Wildman–Crippen LogP) is 2.78. The normalized spacial score (nSPS) is 11.4. The number of carbonyl (C=O) groups excluding carboxylic acids is 3. The fourth-order valence-electron chi connectivity index (χ4n) is 1.61. The van der Waals surface area contributed by atoms with Crippen molar-refractivity contribution >= 4 is 41.1 Å². The van der Waals surface area contributed by atoms with Gasteiger partial charge in [0.15, 0.2) is 12.4 Å². The largest absolute Gasteiger partial charge is 0.494 e. The molecule has 2 N–H and O–H groups in total. The second-order valence-electron chi connectivity index (χ2n) is 4.88. The average molecular weight is 377 g/mol. The molecule has 0 fully saturated rings. The molecule has 0 spiro atoms. The second-order valence-corrected chi connectivity index (χ2v) is 5.69. The van der Waals surface area contributed by atoms with Crippen LogP contribution in [0.2, 0.25) is 10.0 Å². The molecular weight excluding hydrogens is 359 g/mol. The zero-order chi connectivity index (χ0) is 18.3. The maximum atomic E-state index is 11.9. The average Bonchev–Trinajstić information content (AvgIpc) is 2.51. The fourth-order valence-corrected chi connectivity index (χ4v) is 2.25. The first kappa shape index (κ1) is 20.1. The van der Waals surface area contributed by atoms with Crippen molar-refractivity contribution in [2.24, 2.45) is 0 Å². The first-order valence-electron chi connectivity index (χ1n) is 7.09. The first-order valence-corrected chi connectivity index (χ1v) is 7.84. The van der Waals surface area contributed by atoms with Gasteiger partial charge in [0, 0.05) is 6.04 Å². The van der Waals surface area contributed by atoms with Crippen molar-refractivity contribution < 1.29 is 23.9 Å². The van der Waals surface area contributed by atoms with E-state index in [1.165, 1.54) is 19.2 Å². The van der Waals surface area contributed by atoms with E-state index in [1.807, 2.05) is 6.92 Å². The number of ether oxygens (including phenoxy) is 2. The molecule has 0 aliphatic carbocycles. The van der Waals surface area contributed by atoms with Crippen LogP contribution < -0.4 is 15.4 Å². The number of urea groups is 1. The van der Waals surface area contributed by atoms with Gasteiger partial charge in [-0.15, -0.1) is 0 Å².